The molecule has 18 heteroatoms. The van der Waals surface area contributed by atoms with E-state index in [-0.39, 0.29) is 51.3 Å². The summed E-state index contributed by atoms with van der Waals surface area (Å²) in [5.74, 6) is -1.85. The Morgan fingerprint density at radius 3 is 1.58 bits per heavy atom. The summed E-state index contributed by atoms with van der Waals surface area (Å²) in [6, 6.07) is 1.48. The summed E-state index contributed by atoms with van der Waals surface area (Å²) in [5, 5.41) is 2.63. The number of rotatable bonds is 6. The lowest BCUT2D eigenvalue weighted by atomic mass is 10.3. The van der Waals surface area contributed by atoms with E-state index >= 15 is 0 Å². The van der Waals surface area contributed by atoms with Gasteiger partial charge in [-0.25, -0.2) is 34.3 Å². The zero-order valence-electron chi connectivity index (χ0n) is 21.0. The van der Waals surface area contributed by atoms with Gasteiger partial charge in [-0.15, -0.1) is 12.4 Å². The van der Waals surface area contributed by atoms with Gasteiger partial charge in [0.15, 0.2) is 11.4 Å². The zero-order valence-corrected chi connectivity index (χ0v) is 24.1. The number of nitrogens with zero attached hydrogens (tertiary/aromatic N) is 4. The molecule has 38 heavy (non-hydrogen) atoms. The normalized spacial score (nSPS) is 10.9. The fraction of sp³-hybridized carbons (Fsp3) is 0.400. The van der Waals surface area contributed by atoms with Crippen LogP contribution < -0.4 is 11.1 Å². The Balaban J connectivity index is 0. The number of methoxy groups -OCH3 is 4. The maximum Gasteiger partial charge on any atom is 0.356 e. The van der Waals surface area contributed by atoms with Crippen LogP contribution in [0, 0.1) is 0 Å². The molecule has 0 spiro atoms. The summed E-state index contributed by atoms with van der Waals surface area (Å²) in [4.78, 5) is 58.3. The molecule has 2 rings (SSSR count). The number of halogens is 4. The molecule has 0 aliphatic carbocycles. The SMILES string of the molecule is COC(=O)[C@H](C)N.COC(=O)c1cc(Cl)nc(Cl)n1.COC(=O)c1cc(N[C@@H](C)C(=O)OC)nc(Cl)n1.Cl. The highest BCUT2D eigenvalue weighted by molar-refractivity contribution is 6.32. The van der Waals surface area contributed by atoms with E-state index in [0.29, 0.717) is 0 Å². The molecule has 2 aromatic heterocycles. The summed E-state index contributed by atoms with van der Waals surface area (Å²) in [7, 11) is 5.05. The number of nitrogens with one attached hydrogen (secondary N) is 1. The molecule has 0 radical (unpaired) electrons. The molecular formula is C20H26Cl4N6O8. The largest absolute Gasteiger partial charge is 0.468 e. The van der Waals surface area contributed by atoms with Crippen molar-refractivity contribution in [1.29, 1.82) is 0 Å². The molecular weight excluding hydrogens is 594 g/mol. The number of anilines is 1. The van der Waals surface area contributed by atoms with Gasteiger partial charge in [-0.05, 0) is 37.0 Å². The summed E-state index contributed by atoms with van der Waals surface area (Å²) in [6.45, 7) is 3.16. The molecule has 14 nitrogen and oxygen atoms in total. The van der Waals surface area contributed by atoms with E-state index in [9.17, 15) is 19.2 Å². The molecule has 3 N–H and O–H groups in total. The lowest BCUT2D eigenvalue weighted by Crippen LogP contribution is -2.27. The number of hydrogen-bond donors (Lipinski definition) is 2. The molecule has 2 heterocycles. The van der Waals surface area contributed by atoms with Crippen molar-refractivity contribution in [3.63, 3.8) is 0 Å². The van der Waals surface area contributed by atoms with Crippen LogP contribution in [0.15, 0.2) is 12.1 Å². The molecule has 0 fully saturated rings. The first-order chi connectivity index (χ1) is 17.3. The van der Waals surface area contributed by atoms with Gasteiger partial charge in [-0.2, -0.15) is 0 Å². The van der Waals surface area contributed by atoms with Crippen LogP contribution in [-0.4, -0.2) is 84.3 Å². The molecule has 0 saturated carbocycles. The first-order valence-corrected chi connectivity index (χ1v) is 11.0. The molecule has 0 amide bonds. The van der Waals surface area contributed by atoms with Crippen LogP contribution in [-0.2, 0) is 28.5 Å². The van der Waals surface area contributed by atoms with Crippen molar-refractivity contribution in [2.24, 2.45) is 5.73 Å². The van der Waals surface area contributed by atoms with Crippen LogP contribution in [0.1, 0.15) is 34.8 Å². The first kappa shape index (κ1) is 37.1. The van der Waals surface area contributed by atoms with Gasteiger partial charge in [0.25, 0.3) is 0 Å². The predicted octanol–water partition coefficient (Wildman–Crippen LogP) is 2.39. The average Bonchev–Trinajstić information content (AvgIpc) is 2.86. The lowest BCUT2D eigenvalue weighted by molar-refractivity contribution is -0.142. The summed E-state index contributed by atoms with van der Waals surface area (Å²) >= 11 is 16.6. The summed E-state index contributed by atoms with van der Waals surface area (Å²) < 4.78 is 17.7. The fourth-order valence-electron chi connectivity index (χ4n) is 1.94. The number of nitrogens with two attached hydrogens (primary N) is 1. The van der Waals surface area contributed by atoms with Crippen LogP contribution in [0.2, 0.25) is 15.7 Å². The van der Waals surface area contributed by atoms with E-state index in [2.05, 4.69) is 44.2 Å². The van der Waals surface area contributed by atoms with Gasteiger partial charge in [-0.3, -0.25) is 4.79 Å². The average molecular weight is 620 g/mol. The van der Waals surface area contributed by atoms with Gasteiger partial charge >= 0.3 is 23.9 Å². The number of carbonyl (C=O) groups is 4. The molecule has 0 aliphatic heterocycles. The van der Waals surface area contributed by atoms with E-state index in [1.165, 1.54) is 40.6 Å². The van der Waals surface area contributed by atoms with Crippen molar-refractivity contribution in [2.45, 2.75) is 25.9 Å². The van der Waals surface area contributed by atoms with Crippen LogP contribution in [0.4, 0.5) is 5.82 Å². The van der Waals surface area contributed by atoms with Gasteiger partial charge in [0, 0.05) is 12.1 Å². The van der Waals surface area contributed by atoms with Crippen molar-refractivity contribution in [3.8, 4) is 0 Å². The Labute approximate surface area is 239 Å². The Bertz CT molecular complexity index is 1070. The van der Waals surface area contributed by atoms with E-state index in [0.717, 1.165) is 0 Å². The van der Waals surface area contributed by atoms with E-state index in [1.807, 2.05) is 0 Å². The van der Waals surface area contributed by atoms with Crippen molar-refractivity contribution in [1.82, 2.24) is 19.9 Å². The highest BCUT2D eigenvalue weighted by atomic mass is 35.5. The Morgan fingerprint density at radius 2 is 1.21 bits per heavy atom. The highest BCUT2D eigenvalue weighted by Crippen LogP contribution is 2.13. The number of aromatic nitrogens is 4. The second-order valence-electron chi connectivity index (χ2n) is 6.44. The van der Waals surface area contributed by atoms with Gasteiger partial charge in [0.05, 0.1) is 28.4 Å². The summed E-state index contributed by atoms with van der Waals surface area (Å²) in [6.07, 6.45) is 0. The van der Waals surface area contributed by atoms with Crippen molar-refractivity contribution in [3.05, 3.63) is 39.2 Å². The molecule has 0 saturated heterocycles. The van der Waals surface area contributed by atoms with Gasteiger partial charge in [0.2, 0.25) is 10.6 Å². The third kappa shape index (κ3) is 14.0. The monoisotopic (exact) mass is 618 g/mol. The van der Waals surface area contributed by atoms with Crippen molar-refractivity contribution >= 4 is 76.9 Å². The number of hydrogen-bond acceptors (Lipinski definition) is 14. The Morgan fingerprint density at radius 1 is 0.763 bits per heavy atom. The second-order valence-corrected chi connectivity index (χ2v) is 7.50. The molecule has 0 aromatic carbocycles. The smallest absolute Gasteiger partial charge is 0.356 e. The second kappa shape index (κ2) is 19.1. The Kier molecular flexibility index (Phi) is 18.6. The summed E-state index contributed by atoms with van der Waals surface area (Å²) in [5.41, 5.74) is 5.11. The number of ether oxygens (including phenoxy) is 4. The van der Waals surface area contributed by atoms with Gasteiger partial charge in [0.1, 0.15) is 23.1 Å². The van der Waals surface area contributed by atoms with Gasteiger partial charge in [-0.1, -0.05) is 11.6 Å². The number of esters is 4. The molecule has 0 unspecified atom stereocenters. The van der Waals surface area contributed by atoms with E-state index < -0.39 is 30.0 Å². The predicted molar refractivity (Wildman–Crippen MR) is 140 cm³/mol. The van der Waals surface area contributed by atoms with E-state index in [1.54, 1.807) is 13.8 Å². The molecule has 2 atom stereocenters. The van der Waals surface area contributed by atoms with Crippen LogP contribution in [0.5, 0.6) is 0 Å². The molecule has 212 valence electrons. The molecule has 0 bridgehead atoms. The number of carbonyl (C=O) groups excluding carboxylic acids is 4. The van der Waals surface area contributed by atoms with Crippen LogP contribution in [0.25, 0.3) is 0 Å². The van der Waals surface area contributed by atoms with Crippen molar-refractivity contribution < 1.29 is 38.1 Å². The van der Waals surface area contributed by atoms with Crippen molar-refractivity contribution in [2.75, 3.05) is 33.8 Å². The highest BCUT2D eigenvalue weighted by Gasteiger charge is 2.16. The topological polar surface area (TPSA) is 195 Å². The lowest BCUT2D eigenvalue weighted by Gasteiger charge is -2.12. The quantitative estimate of drug-likeness (QED) is 0.207. The van der Waals surface area contributed by atoms with Crippen LogP contribution >= 0.6 is 47.2 Å². The van der Waals surface area contributed by atoms with Crippen LogP contribution in [0.3, 0.4) is 0 Å². The third-order valence-corrected chi connectivity index (χ3v) is 4.18. The minimum absolute atomic E-state index is 0. The maximum atomic E-state index is 11.3. The molecule has 0 aliphatic rings. The minimum atomic E-state index is -0.645. The minimum Gasteiger partial charge on any atom is -0.468 e. The van der Waals surface area contributed by atoms with E-state index in [4.69, 9.17) is 40.5 Å². The Hall–Kier alpha value is -3.04. The van der Waals surface area contributed by atoms with Gasteiger partial charge < -0.3 is 30.0 Å². The third-order valence-electron chi connectivity index (χ3n) is 3.65. The standard InChI is InChI=1S/C10H12ClN3O4.C6H4Cl2N2O2.C4H9NO2.ClH/c1-5(8(15)17-2)12-7-4-6(9(16)18-3)13-10(11)14-7;1-12-5(11)3-2-4(7)10-6(8)9-3;1-3(5)4(6)7-2;/h4-5H,1-3H3,(H,12,13,14);2H,1H3;3H,5H2,1-2H3;1H/t5-;;3-;/m0.0./s1. The zero-order chi connectivity index (χ0) is 28.7. The fourth-order valence-corrected chi connectivity index (χ4v) is 2.53. The maximum absolute atomic E-state index is 11.3. The molecule has 2 aromatic rings. The first-order valence-electron chi connectivity index (χ1n) is 9.88.